The maximum Gasteiger partial charge on any atom is 0.284 e. The molecule has 20 rings (SSSR count). The van der Waals surface area contributed by atoms with E-state index in [0.29, 0.717) is 102 Å². The number of nitrogen functional groups attached to an aromatic ring is 1. The Hall–Kier alpha value is -10.5. The normalized spacial score (nSPS) is 15.1. The Kier molecular flexibility index (Phi) is 27.0. The second kappa shape index (κ2) is 36.6. The highest BCUT2D eigenvalue weighted by Crippen LogP contribution is 2.38. The lowest BCUT2D eigenvalue weighted by Gasteiger charge is -2.27. The Morgan fingerprint density at radius 2 is 0.807 bits per heavy atom. The number of benzene rings is 3. The Morgan fingerprint density at radius 1 is 0.437 bits per heavy atom. The van der Waals surface area contributed by atoms with Crippen LogP contribution in [0.15, 0.2) is 207 Å². The molecule has 3 fully saturated rings. The van der Waals surface area contributed by atoms with E-state index in [1.54, 1.807) is 101 Å². The first-order chi connectivity index (χ1) is 55.5. The molecule has 0 unspecified atom stereocenters. The summed E-state index contributed by atoms with van der Waals surface area (Å²) >= 11 is 31.8. The number of nitrogens with one attached hydrogen (secondary N) is 1. The minimum absolute atomic E-state index is 0. The number of thioether (sulfide) groups is 1. The first-order valence-corrected chi connectivity index (χ1v) is 42.1. The molecule has 3 aromatic carbocycles. The van der Waals surface area contributed by atoms with Gasteiger partial charge in [-0.1, -0.05) is 101 Å². The van der Waals surface area contributed by atoms with Gasteiger partial charge in [0, 0.05) is 68.5 Å². The van der Waals surface area contributed by atoms with Crippen molar-refractivity contribution in [3.63, 3.8) is 0 Å². The molecule has 0 bridgehead atoms. The number of sulfone groups is 2. The lowest BCUT2D eigenvalue weighted by Crippen LogP contribution is -2.34. The molecule has 3 aliphatic rings. The van der Waals surface area contributed by atoms with Crippen LogP contribution in [0.5, 0.6) is 0 Å². The lowest BCUT2D eigenvalue weighted by atomic mass is 10.2. The zero-order valence-corrected chi connectivity index (χ0v) is 72.4. The van der Waals surface area contributed by atoms with Crippen LogP contribution in [0.1, 0.15) is 74.1 Å². The average molecular weight is 1850 g/mol. The van der Waals surface area contributed by atoms with Crippen molar-refractivity contribution in [1.29, 1.82) is 0 Å². The van der Waals surface area contributed by atoms with Gasteiger partial charge in [0.2, 0.25) is 48.1 Å². The average Bonchev–Trinajstić information content (AvgIpc) is 1.60. The van der Waals surface area contributed by atoms with Crippen molar-refractivity contribution in [2.24, 2.45) is 0 Å². The molecule has 3 atom stereocenters. The van der Waals surface area contributed by atoms with Crippen LogP contribution in [0.2, 0.25) is 25.6 Å². The van der Waals surface area contributed by atoms with E-state index in [4.69, 9.17) is 73.9 Å². The van der Waals surface area contributed by atoms with Crippen molar-refractivity contribution in [2.75, 3.05) is 53.9 Å². The molecular weight excluding hydrogens is 1780 g/mol. The van der Waals surface area contributed by atoms with Crippen molar-refractivity contribution in [3.05, 3.63) is 251 Å². The summed E-state index contributed by atoms with van der Waals surface area (Å²) in [6.07, 6.45) is 20.5. The van der Waals surface area contributed by atoms with Gasteiger partial charge in [-0.2, -0.15) is 129 Å². The molecular formula is C71H69Cl6N29O7S6. The number of nitrogens with zero attached hydrogens (tertiary/aromatic N) is 27. The highest BCUT2D eigenvalue weighted by molar-refractivity contribution is 7.98. The molecule has 0 aliphatic carbocycles. The predicted octanol–water partition coefficient (Wildman–Crippen LogP) is 9.83. The molecule has 3 aliphatic heterocycles. The summed E-state index contributed by atoms with van der Waals surface area (Å²) in [7, 11) is -7.11. The molecule has 3 N–H and O–H groups in total. The molecule has 0 saturated carbocycles. The molecule has 48 heteroatoms. The van der Waals surface area contributed by atoms with Gasteiger partial charge in [-0.15, -0.1) is 12.4 Å². The lowest BCUT2D eigenvalue weighted by molar-refractivity contribution is 0.560. The van der Waals surface area contributed by atoms with Gasteiger partial charge in [0.05, 0.1) is 75.0 Å². The molecule has 14 aromatic heterocycles. The third-order valence-electron chi connectivity index (χ3n) is 18.7. The SMILES string of the molecule is CS(=O)(=O)c1nc(Cl)n2nccc2n1.CS(=O)(=O)c1nc(N2CCC[C@H]2c2nn3ccc(Cl)c3c(=O)n2-c2ccccc2)n2nccc2n1.CSc1nc(Cl)n2nccc2n1.Cl.Nc1nc(N2CCC[C@H]2c2nn3ccc(Cl)c3c(=O)n2-c2ccccc2)n2nccc2n1.O=c1c2c(Cl)ccn2nc([C@@H]2CCCN2)n1-c1ccccc1.S.S.S. The van der Waals surface area contributed by atoms with E-state index >= 15 is 0 Å². The van der Waals surface area contributed by atoms with Gasteiger partial charge >= 0.3 is 0 Å². The van der Waals surface area contributed by atoms with Crippen molar-refractivity contribution in [1.82, 2.24) is 126 Å². The van der Waals surface area contributed by atoms with Crippen molar-refractivity contribution in [2.45, 2.75) is 72.1 Å². The monoisotopic (exact) mass is 1840 g/mol. The van der Waals surface area contributed by atoms with Crippen LogP contribution in [-0.4, -0.2) is 176 Å². The number of para-hydroxylation sites is 3. The molecule has 3 saturated heterocycles. The predicted molar refractivity (Wildman–Crippen MR) is 470 cm³/mol. The number of hydrogen-bond donors (Lipinski definition) is 2. The number of hydrogen-bond acceptors (Lipinski definition) is 27. The van der Waals surface area contributed by atoms with Crippen LogP contribution in [0, 0.1) is 0 Å². The maximum absolute atomic E-state index is 13.7. The molecule has 17 aromatic rings. The number of rotatable bonds is 11. The van der Waals surface area contributed by atoms with Gasteiger partial charge in [0.1, 0.15) is 16.6 Å². The van der Waals surface area contributed by atoms with E-state index in [1.165, 1.54) is 42.2 Å². The van der Waals surface area contributed by atoms with Gasteiger partial charge < -0.3 is 20.9 Å². The third kappa shape index (κ3) is 17.5. The molecule has 0 radical (unpaired) electrons. The Labute approximate surface area is 730 Å². The van der Waals surface area contributed by atoms with E-state index in [9.17, 15) is 31.2 Å². The van der Waals surface area contributed by atoms with E-state index in [-0.39, 0.29) is 115 Å². The highest BCUT2D eigenvalue weighted by Gasteiger charge is 2.37. The van der Waals surface area contributed by atoms with E-state index in [1.807, 2.05) is 102 Å². The van der Waals surface area contributed by atoms with Gasteiger partial charge in [0.25, 0.3) is 27.0 Å². The summed E-state index contributed by atoms with van der Waals surface area (Å²) in [5.74, 6) is 2.87. The standard InChI is InChI=1S/C22H19ClN8O3S.C21H18ClN9O.C16H15ClN4O.C6H5ClN4O2S.C6H5ClN4S.ClH.3H2S/c1-35(33,34)21-25-17-9-11-24-31(17)22(26-21)28-12-5-8-16(28)19-27-29-13-10-15(23)18(29)20(32)30(19)14-6-3-2-4-7-14;22-14-9-12-29-17(14)19(32)30(13-5-2-1-3-6-13)18(27-29)15-7-4-11-28(15)21-26-20(23)25-16-8-10-24-31(16)21;17-12-8-10-20-14(12)16(22)21(11-5-2-1-3-6-11)15(19-20)13-7-4-9-18-13;1-14(12,13)6-9-4-2-3-8-11(4)5(7)10-6;1-12-6-9-4-2-3-8-11(4)5(7)10-6;;;;/h2-4,6-7,9-11,13,16H,5,8,12H2,1H3;1-3,5-6,8-10,12,15H,4,7,11H2,(H2,23,25);1-3,5-6,8,10,13,18H,4,7,9H2;2-3H,1H3;2-3H,1H3;1H;3*1H2/t16-;15-;13-;;;;;;/m000....../s1. The summed E-state index contributed by atoms with van der Waals surface area (Å²) in [5.41, 5.74) is 10.6. The fraction of sp³-hybridized carbons (Fsp3) is 0.211. The topological polar surface area (TPSA) is 403 Å². The quantitative estimate of drug-likeness (QED) is 0.114. The molecule has 119 heavy (non-hydrogen) atoms. The fourth-order valence-corrected chi connectivity index (χ4v) is 16.3. The smallest absolute Gasteiger partial charge is 0.284 e. The van der Waals surface area contributed by atoms with Gasteiger partial charge in [-0.3, -0.25) is 28.1 Å². The number of nitrogens with two attached hydrogens (primary N) is 1. The van der Waals surface area contributed by atoms with Crippen LogP contribution in [0.25, 0.3) is 56.2 Å². The zero-order valence-electron chi connectivity index (χ0n) is 62.4. The van der Waals surface area contributed by atoms with Crippen LogP contribution in [-0.2, 0) is 19.7 Å². The van der Waals surface area contributed by atoms with E-state index in [2.05, 4.69) is 75.6 Å². The summed E-state index contributed by atoms with van der Waals surface area (Å²) in [6.45, 7) is 2.22. The number of halogens is 6. The largest absolute Gasteiger partial charge is 0.368 e. The van der Waals surface area contributed by atoms with Crippen LogP contribution in [0.4, 0.5) is 17.8 Å². The van der Waals surface area contributed by atoms with Crippen molar-refractivity contribution in [3.8, 4) is 17.1 Å². The third-order valence-corrected chi connectivity index (χ3v) is 22.4. The first-order valence-electron chi connectivity index (χ1n) is 35.2. The van der Waals surface area contributed by atoms with Gasteiger partial charge in [-0.25, -0.2) is 35.4 Å². The summed E-state index contributed by atoms with van der Waals surface area (Å²) in [5, 5.41) is 35.6. The molecule has 0 spiro atoms. The molecule has 36 nitrogen and oxygen atoms in total. The minimum atomic E-state index is -3.67. The number of fused-ring (bicyclic) bond motifs is 7. The molecule has 17 heterocycles. The zero-order chi connectivity index (χ0) is 80.1. The van der Waals surface area contributed by atoms with Crippen LogP contribution in [0.3, 0.4) is 0 Å². The van der Waals surface area contributed by atoms with Crippen molar-refractivity contribution < 1.29 is 16.8 Å². The maximum atomic E-state index is 13.7. The van der Waals surface area contributed by atoms with E-state index < -0.39 is 19.7 Å². The minimum Gasteiger partial charge on any atom is -0.368 e. The number of anilines is 3. The van der Waals surface area contributed by atoms with Crippen LogP contribution < -0.4 is 37.5 Å². The summed E-state index contributed by atoms with van der Waals surface area (Å²) < 4.78 is 62.3. The second-order valence-electron chi connectivity index (χ2n) is 26.1. The Bertz CT molecular complexity index is 7010. The second-order valence-corrected chi connectivity index (χ2v) is 32.6. The first kappa shape index (κ1) is 87.8. The molecule has 618 valence electrons. The number of aromatic nitrogens is 25. The van der Waals surface area contributed by atoms with E-state index in [0.717, 1.165) is 74.0 Å². The van der Waals surface area contributed by atoms with Gasteiger partial charge in [0.15, 0.2) is 45.2 Å². The highest BCUT2D eigenvalue weighted by atomic mass is 35.5. The van der Waals surface area contributed by atoms with Crippen molar-refractivity contribution >= 4 is 199 Å². The molecule has 0 amide bonds. The Morgan fingerprint density at radius 3 is 1.22 bits per heavy atom. The van der Waals surface area contributed by atoms with Gasteiger partial charge in [-0.05, 0) is 129 Å². The fourth-order valence-electron chi connectivity index (χ4n) is 13.7. The Balaban J connectivity index is 0.000000142. The summed E-state index contributed by atoms with van der Waals surface area (Å²) in [6, 6.07) is 39.5. The summed E-state index contributed by atoms with van der Waals surface area (Å²) in [4.78, 5) is 77.1. The van der Waals surface area contributed by atoms with Crippen LogP contribution >= 0.6 is 123 Å².